The predicted molar refractivity (Wildman–Crippen MR) is 163 cm³/mol. The van der Waals surface area contributed by atoms with Gasteiger partial charge in [0.1, 0.15) is 0 Å². The van der Waals surface area contributed by atoms with Gasteiger partial charge in [0.25, 0.3) is 0 Å². The largest absolute Gasteiger partial charge is 0.465 e. The Morgan fingerprint density at radius 2 is 1.71 bits per heavy atom. The molecule has 1 heterocycles. The number of nitrogens with zero attached hydrogens (tertiary/aromatic N) is 1. The highest BCUT2D eigenvalue weighted by Crippen LogP contribution is 2.47. The molecule has 0 radical (unpaired) electrons. The second kappa shape index (κ2) is 12.1. The molecule has 6 heteroatoms. The molecular weight excluding hydrogens is 524 g/mol. The number of hydrogen-bond acceptors (Lipinski definition) is 4. The molecule has 0 saturated heterocycles. The van der Waals surface area contributed by atoms with Gasteiger partial charge in [-0.15, -0.1) is 0 Å². The van der Waals surface area contributed by atoms with Crippen molar-refractivity contribution in [1.82, 2.24) is 10.2 Å². The van der Waals surface area contributed by atoms with E-state index in [4.69, 9.17) is 4.74 Å². The molecule has 0 spiro atoms. The molecule has 6 nitrogen and oxygen atoms in total. The summed E-state index contributed by atoms with van der Waals surface area (Å²) >= 11 is 0. The molecular formula is C36H40N2O4. The van der Waals surface area contributed by atoms with Gasteiger partial charge in [-0.05, 0) is 95.9 Å². The van der Waals surface area contributed by atoms with Crippen molar-refractivity contribution in [1.29, 1.82) is 0 Å². The lowest BCUT2D eigenvalue weighted by atomic mass is 9.81. The normalized spacial score (nSPS) is 23.0. The van der Waals surface area contributed by atoms with Crippen molar-refractivity contribution in [3.8, 4) is 11.1 Å². The molecule has 2 saturated carbocycles. The van der Waals surface area contributed by atoms with Crippen LogP contribution in [0.3, 0.4) is 0 Å². The van der Waals surface area contributed by atoms with Gasteiger partial charge in [0, 0.05) is 31.5 Å². The van der Waals surface area contributed by atoms with Crippen LogP contribution in [0, 0.1) is 17.8 Å². The van der Waals surface area contributed by atoms with E-state index in [0.29, 0.717) is 31.1 Å². The number of fused-ring (bicyclic) bond motifs is 1. The lowest BCUT2D eigenvalue weighted by Gasteiger charge is -2.36. The van der Waals surface area contributed by atoms with E-state index < -0.39 is 0 Å². The lowest BCUT2D eigenvalue weighted by molar-refractivity contribution is -0.137. The Bertz CT molecular complexity index is 1470. The fourth-order valence-corrected chi connectivity index (χ4v) is 6.93. The van der Waals surface area contributed by atoms with Gasteiger partial charge in [0.05, 0.1) is 12.7 Å². The zero-order valence-corrected chi connectivity index (χ0v) is 24.6. The Morgan fingerprint density at radius 1 is 0.929 bits per heavy atom. The number of hydrogen-bond donors (Lipinski definition) is 1. The first-order valence-electron chi connectivity index (χ1n) is 15.4. The third-order valence-electron chi connectivity index (χ3n) is 9.59. The Hall–Kier alpha value is -3.93. The molecule has 0 aromatic heterocycles. The highest BCUT2D eigenvalue weighted by atomic mass is 16.5. The molecule has 3 aromatic rings. The SMILES string of the molecule is COC(=O)c1cccc(-c2ccc(CNC(=O)[C@H]3C[C@@H]3c3ccccc3)c3c2CCN(C(=O)C2CCC(C)CC2)C3)c1. The first kappa shape index (κ1) is 28.2. The maximum atomic E-state index is 13.6. The molecule has 1 aliphatic heterocycles. The summed E-state index contributed by atoms with van der Waals surface area (Å²) in [6.45, 7) is 3.94. The fraction of sp³-hybridized carbons (Fsp3) is 0.417. The van der Waals surface area contributed by atoms with E-state index in [9.17, 15) is 14.4 Å². The maximum Gasteiger partial charge on any atom is 0.337 e. The Labute approximate surface area is 248 Å². The van der Waals surface area contributed by atoms with Gasteiger partial charge in [0.2, 0.25) is 11.8 Å². The van der Waals surface area contributed by atoms with Gasteiger partial charge in [-0.1, -0.05) is 61.5 Å². The first-order valence-corrected chi connectivity index (χ1v) is 15.4. The number of methoxy groups -OCH3 is 1. The quantitative estimate of drug-likeness (QED) is 0.343. The van der Waals surface area contributed by atoms with Crippen molar-refractivity contribution in [3.05, 3.63) is 94.5 Å². The molecule has 3 aliphatic rings. The molecule has 6 rings (SSSR count). The number of nitrogens with one attached hydrogen (secondary N) is 1. The maximum absolute atomic E-state index is 13.6. The van der Waals surface area contributed by atoms with Gasteiger partial charge in [-0.3, -0.25) is 9.59 Å². The van der Waals surface area contributed by atoms with E-state index in [0.717, 1.165) is 60.8 Å². The van der Waals surface area contributed by atoms with Crippen LogP contribution >= 0.6 is 0 Å². The van der Waals surface area contributed by atoms with Crippen LogP contribution in [0.15, 0.2) is 66.7 Å². The highest BCUT2D eigenvalue weighted by Gasteiger charge is 2.43. The molecule has 0 unspecified atom stereocenters. The Balaban J connectivity index is 1.25. The van der Waals surface area contributed by atoms with Gasteiger partial charge >= 0.3 is 5.97 Å². The van der Waals surface area contributed by atoms with Gasteiger partial charge in [-0.2, -0.15) is 0 Å². The number of benzene rings is 3. The molecule has 2 atom stereocenters. The van der Waals surface area contributed by atoms with Crippen molar-refractivity contribution in [2.24, 2.45) is 17.8 Å². The average Bonchev–Trinajstić information content (AvgIpc) is 3.85. The summed E-state index contributed by atoms with van der Waals surface area (Å²) in [5, 5.41) is 3.21. The summed E-state index contributed by atoms with van der Waals surface area (Å²) in [7, 11) is 1.39. The molecule has 3 aromatic carbocycles. The monoisotopic (exact) mass is 564 g/mol. The van der Waals surface area contributed by atoms with Crippen LogP contribution in [0.1, 0.15) is 77.6 Å². The second-order valence-corrected chi connectivity index (χ2v) is 12.3. The van der Waals surface area contributed by atoms with Crippen LogP contribution in [0.2, 0.25) is 0 Å². The molecule has 2 amide bonds. The van der Waals surface area contributed by atoms with Gasteiger partial charge in [0.15, 0.2) is 0 Å². The summed E-state index contributed by atoms with van der Waals surface area (Å²) in [5.41, 5.74) is 7.12. The number of esters is 1. The topological polar surface area (TPSA) is 75.7 Å². The zero-order chi connectivity index (χ0) is 29.2. The van der Waals surface area contributed by atoms with E-state index >= 15 is 0 Å². The number of amides is 2. The standard InChI is InChI=1S/C36H40N2O4/c1-23-11-13-25(14-12-23)35(40)38-18-17-30-29(26-9-6-10-27(19-26)36(41)42-2)16-15-28(33(30)22-38)21-37-34(39)32-20-31(32)24-7-4-3-5-8-24/h3-10,15-16,19,23,25,31-32H,11-14,17-18,20-22H2,1-2H3,(H,37,39)/t23?,25?,31-,32+/m1/s1. The zero-order valence-electron chi connectivity index (χ0n) is 24.6. The van der Waals surface area contributed by atoms with E-state index in [1.54, 1.807) is 6.07 Å². The average molecular weight is 565 g/mol. The number of carbonyl (C=O) groups is 3. The van der Waals surface area contributed by atoms with Crippen molar-refractivity contribution >= 4 is 17.8 Å². The van der Waals surface area contributed by atoms with Crippen LogP contribution in [0.4, 0.5) is 0 Å². The van der Waals surface area contributed by atoms with Crippen LogP contribution in [0.25, 0.3) is 11.1 Å². The molecule has 42 heavy (non-hydrogen) atoms. The molecule has 2 aliphatic carbocycles. The molecule has 218 valence electrons. The Kier molecular flexibility index (Phi) is 8.14. The van der Waals surface area contributed by atoms with E-state index in [1.165, 1.54) is 18.2 Å². The van der Waals surface area contributed by atoms with E-state index in [1.807, 2.05) is 41.3 Å². The van der Waals surface area contributed by atoms with Gasteiger partial charge < -0.3 is 15.0 Å². The van der Waals surface area contributed by atoms with Crippen molar-refractivity contribution < 1.29 is 19.1 Å². The lowest BCUT2D eigenvalue weighted by Crippen LogP contribution is -2.41. The van der Waals surface area contributed by atoms with Crippen molar-refractivity contribution in [3.63, 3.8) is 0 Å². The number of rotatable bonds is 7. The third-order valence-corrected chi connectivity index (χ3v) is 9.59. The highest BCUT2D eigenvalue weighted by molar-refractivity contribution is 5.91. The second-order valence-electron chi connectivity index (χ2n) is 12.3. The molecule has 0 bridgehead atoms. The van der Waals surface area contributed by atoms with Crippen LogP contribution < -0.4 is 5.32 Å². The van der Waals surface area contributed by atoms with Crippen molar-refractivity contribution in [2.45, 2.75) is 64.5 Å². The van der Waals surface area contributed by atoms with E-state index in [-0.39, 0.29) is 35.5 Å². The summed E-state index contributed by atoms with van der Waals surface area (Å²) in [5.74, 6) is 1.10. The number of ether oxygens (including phenoxy) is 1. The third kappa shape index (κ3) is 5.85. The fourth-order valence-electron chi connectivity index (χ4n) is 6.93. The minimum atomic E-state index is -0.363. The summed E-state index contributed by atoms with van der Waals surface area (Å²) in [4.78, 5) is 41.0. The van der Waals surface area contributed by atoms with E-state index in [2.05, 4.69) is 36.5 Å². The van der Waals surface area contributed by atoms with Crippen LogP contribution in [-0.4, -0.2) is 36.3 Å². The molecule has 2 fully saturated rings. The predicted octanol–water partition coefficient (Wildman–Crippen LogP) is 6.27. The summed E-state index contributed by atoms with van der Waals surface area (Å²) < 4.78 is 4.95. The van der Waals surface area contributed by atoms with Crippen molar-refractivity contribution in [2.75, 3.05) is 13.7 Å². The number of carbonyl (C=O) groups excluding carboxylic acids is 3. The smallest absolute Gasteiger partial charge is 0.337 e. The van der Waals surface area contributed by atoms with Crippen LogP contribution in [0.5, 0.6) is 0 Å². The minimum absolute atomic E-state index is 0.00956. The first-order chi connectivity index (χ1) is 20.4. The van der Waals surface area contributed by atoms with Gasteiger partial charge in [-0.25, -0.2) is 4.79 Å². The Morgan fingerprint density at radius 3 is 2.48 bits per heavy atom. The molecule has 1 N–H and O–H groups in total. The summed E-state index contributed by atoms with van der Waals surface area (Å²) in [6, 6.07) is 22.0. The summed E-state index contributed by atoms with van der Waals surface area (Å²) in [6.07, 6.45) is 5.79. The minimum Gasteiger partial charge on any atom is -0.465 e. The van der Waals surface area contributed by atoms with Crippen LogP contribution in [-0.2, 0) is 33.8 Å².